The molecule has 0 aliphatic rings. The molecular weight excluding hydrogens is 534 g/mol. The first kappa shape index (κ1) is 30.4. The summed E-state index contributed by atoms with van der Waals surface area (Å²) in [7, 11) is 0. The van der Waals surface area contributed by atoms with Gasteiger partial charge in [0.2, 0.25) is 0 Å². The minimum absolute atomic E-state index is 0.169. The number of hydrogen-bond acceptors (Lipinski definition) is 3. The van der Waals surface area contributed by atoms with Gasteiger partial charge in [0.15, 0.2) is 6.10 Å². The summed E-state index contributed by atoms with van der Waals surface area (Å²) in [5.41, 5.74) is -0.542. The van der Waals surface area contributed by atoms with Crippen LogP contribution in [0.4, 0.5) is 35.1 Å². The van der Waals surface area contributed by atoms with Gasteiger partial charge in [-0.3, -0.25) is 0 Å². The van der Waals surface area contributed by atoms with Crippen molar-refractivity contribution in [3.8, 4) is 11.5 Å². The van der Waals surface area contributed by atoms with E-state index in [0.717, 1.165) is 11.6 Å². The second-order valence-corrected chi connectivity index (χ2v) is 10.0. The fraction of sp³-hybridized carbons (Fsp3) is 0.357. The summed E-state index contributed by atoms with van der Waals surface area (Å²) in [5.74, 6) is -4.48. The minimum atomic E-state index is -5.88. The third kappa shape index (κ3) is 7.48. The standard InChI is InChI=1S/C28H27F8NO2/c1-25(2,3)19-9-6-12-22(15-19)39-21-11-5-8-18(14-21)24(37-16-23(38)27(31,32)33)17-7-4-10-20(13-17)26(29,30)28(34,35)36/h4-15,23-24,37-38H,16H2,1-3H3/t23-,24?/m1/s1. The van der Waals surface area contributed by atoms with Gasteiger partial charge in [0, 0.05) is 12.1 Å². The maximum Gasteiger partial charge on any atom is 0.458 e. The van der Waals surface area contributed by atoms with Gasteiger partial charge in [-0.25, -0.2) is 0 Å². The second kappa shape index (κ2) is 11.1. The average molecular weight is 562 g/mol. The second-order valence-electron chi connectivity index (χ2n) is 10.0. The number of hydrogen-bond donors (Lipinski definition) is 2. The number of nitrogens with one attached hydrogen (secondary N) is 1. The third-order valence-corrected chi connectivity index (χ3v) is 5.96. The van der Waals surface area contributed by atoms with Crippen LogP contribution < -0.4 is 10.1 Å². The quantitative estimate of drug-likeness (QED) is 0.274. The minimum Gasteiger partial charge on any atom is -0.457 e. The highest BCUT2D eigenvalue weighted by Gasteiger charge is 2.58. The average Bonchev–Trinajstić information content (AvgIpc) is 2.83. The van der Waals surface area contributed by atoms with Crippen molar-refractivity contribution in [1.82, 2.24) is 5.32 Å². The van der Waals surface area contributed by atoms with Crippen molar-refractivity contribution >= 4 is 0 Å². The Balaban J connectivity index is 2.01. The van der Waals surface area contributed by atoms with Crippen molar-refractivity contribution in [1.29, 1.82) is 0 Å². The summed E-state index contributed by atoms with van der Waals surface area (Å²) >= 11 is 0. The Hall–Kier alpha value is -3.18. The van der Waals surface area contributed by atoms with E-state index >= 15 is 0 Å². The first-order valence-corrected chi connectivity index (χ1v) is 11.8. The van der Waals surface area contributed by atoms with Crippen molar-refractivity contribution in [2.24, 2.45) is 0 Å². The van der Waals surface area contributed by atoms with Gasteiger partial charge in [0.05, 0.1) is 6.04 Å². The number of halogens is 8. The highest BCUT2D eigenvalue weighted by Crippen LogP contribution is 2.44. The van der Waals surface area contributed by atoms with Gasteiger partial charge in [-0.05, 0) is 52.4 Å². The van der Waals surface area contributed by atoms with Gasteiger partial charge >= 0.3 is 18.3 Å². The first-order valence-electron chi connectivity index (χ1n) is 11.8. The van der Waals surface area contributed by atoms with Gasteiger partial charge in [0.1, 0.15) is 11.5 Å². The predicted molar refractivity (Wildman–Crippen MR) is 130 cm³/mol. The van der Waals surface area contributed by atoms with Crippen LogP contribution in [0.5, 0.6) is 11.5 Å². The zero-order chi connectivity index (χ0) is 29.2. The normalized spacial score (nSPS) is 14.7. The van der Waals surface area contributed by atoms with E-state index in [-0.39, 0.29) is 22.3 Å². The summed E-state index contributed by atoms with van der Waals surface area (Å²) in [5, 5.41) is 11.9. The Morgan fingerprint density at radius 1 is 0.718 bits per heavy atom. The van der Waals surface area contributed by atoms with Crippen LogP contribution in [0.2, 0.25) is 0 Å². The van der Waals surface area contributed by atoms with Crippen LogP contribution >= 0.6 is 0 Å². The Labute approximate surface area is 220 Å². The summed E-state index contributed by atoms with van der Waals surface area (Å²) in [6, 6.07) is 15.2. The highest BCUT2D eigenvalue weighted by molar-refractivity contribution is 5.42. The molecule has 0 fully saturated rings. The molecule has 3 rings (SSSR count). The Morgan fingerprint density at radius 3 is 1.79 bits per heavy atom. The van der Waals surface area contributed by atoms with Crippen molar-refractivity contribution in [2.75, 3.05) is 6.54 Å². The van der Waals surface area contributed by atoms with Crippen LogP contribution in [-0.4, -0.2) is 30.1 Å². The zero-order valence-corrected chi connectivity index (χ0v) is 21.2. The van der Waals surface area contributed by atoms with E-state index in [1.807, 2.05) is 32.9 Å². The van der Waals surface area contributed by atoms with Crippen molar-refractivity contribution in [3.05, 3.63) is 95.1 Å². The van der Waals surface area contributed by atoms with Crippen LogP contribution in [0.25, 0.3) is 0 Å². The molecule has 1 unspecified atom stereocenters. The molecular formula is C28H27F8NO2. The van der Waals surface area contributed by atoms with Crippen LogP contribution in [-0.2, 0) is 11.3 Å². The summed E-state index contributed by atoms with van der Waals surface area (Å²) in [6.45, 7) is 4.98. The maximum atomic E-state index is 14.0. The fourth-order valence-corrected chi connectivity index (χ4v) is 3.77. The van der Waals surface area contributed by atoms with Crippen LogP contribution in [0.3, 0.4) is 0 Å². The van der Waals surface area contributed by atoms with E-state index < -0.39 is 42.5 Å². The van der Waals surface area contributed by atoms with Crippen LogP contribution in [0.15, 0.2) is 72.8 Å². The van der Waals surface area contributed by atoms with Crippen molar-refractivity contribution in [3.63, 3.8) is 0 Å². The Kier molecular flexibility index (Phi) is 8.66. The highest BCUT2D eigenvalue weighted by atomic mass is 19.4. The van der Waals surface area contributed by atoms with Gasteiger partial charge in [-0.2, -0.15) is 35.1 Å². The molecule has 0 heterocycles. The summed E-state index contributed by atoms with van der Waals surface area (Å²) in [4.78, 5) is 0. The van der Waals surface area contributed by atoms with Gasteiger partial charge in [0.25, 0.3) is 0 Å². The Bertz CT molecular complexity index is 1270. The Morgan fingerprint density at radius 2 is 1.23 bits per heavy atom. The lowest BCUT2D eigenvalue weighted by molar-refractivity contribution is -0.289. The number of aliphatic hydroxyl groups excluding tert-OH is 1. The monoisotopic (exact) mass is 561 g/mol. The molecule has 2 N–H and O–H groups in total. The molecule has 0 spiro atoms. The molecule has 39 heavy (non-hydrogen) atoms. The molecule has 3 aromatic rings. The number of alkyl halides is 8. The van der Waals surface area contributed by atoms with Gasteiger partial charge < -0.3 is 15.2 Å². The van der Waals surface area contributed by atoms with E-state index in [2.05, 4.69) is 5.32 Å². The van der Waals surface area contributed by atoms with E-state index in [4.69, 9.17) is 4.74 Å². The zero-order valence-electron chi connectivity index (χ0n) is 21.2. The number of aliphatic hydroxyl groups is 1. The molecule has 212 valence electrons. The molecule has 3 nitrogen and oxygen atoms in total. The largest absolute Gasteiger partial charge is 0.458 e. The van der Waals surface area contributed by atoms with E-state index in [9.17, 15) is 40.2 Å². The molecule has 0 aliphatic heterocycles. The van der Waals surface area contributed by atoms with Gasteiger partial charge in [-0.15, -0.1) is 0 Å². The number of ether oxygens (including phenoxy) is 1. The summed E-state index contributed by atoms with van der Waals surface area (Å²) in [6.07, 6.45) is -13.7. The lowest BCUT2D eigenvalue weighted by atomic mass is 9.87. The fourth-order valence-electron chi connectivity index (χ4n) is 3.77. The first-order chi connectivity index (χ1) is 17.9. The summed E-state index contributed by atoms with van der Waals surface area (Å²) < 4.78 is 112. The topological polar surface area (TPSA) is 41.5 Å². The molecule has 0 amide bonds. The molecule has 2 atom stereocenters. The number of benzene rings is 3. The van der Waals surface area contributed by atoms with Crippen molar-refractivity contribution in [2.45, 2.75) is 56.6 Å². The molecule has 11 heteroatoms. The molecule has 0 aliphatic carbocycles. The smallest absolute Gasteiger partial charge is 0.457 e. The number of rotatable bonds is 8. The predicted octanol–water partition coefficient (Wildman–Crippen LogP) is 8.03. The van der Waals surface area contributed by atoms with Gasteiger partial charge in [-0.1, -0.05) is 63.2 Å². The molecule has 3 aromatic carbocycles. The lowest BCUT2D eigenvalue weighted by Gasteiger charge is -2.25. The maximum absolute atomic E-state index is 14.0. The van der Waals surface area contributed by atoms with Crippen molar-refractivity contribution < 1.29 is 45.0 Å². The SMILES string of the molecule is CC(C)(C)c1cccc(Oc2cccc(C(NC[C@@H](O)C(F)(F)F)c3cccc(C(F)(F)C(F)(F)F)c3)c2)c1. The van der Waals surface area contributed by atoms with E-state index in [1.165, 1.54) is 24.3 Å². The molecule has 0 bridgehead atoms. The van der Waals surface area contributed by atoms with Crippen LogP contribution in [0.1, 0.15) is 49.1 Å². The molecule has 0 radical (unpaired) electrons. The van der Waals surface area contributed by atoms with E-state index in [1.54, 1.807) is 18.2 Å². The molecule has 0 saturated carbocycles. The third-order valence-electron chi connectivity index (χ3n) is 5.96. The molecule has 0 saturated heterocycles. The van der Waals surface area contributed by atoms with E-state index in [0.29, 0.717) is 17.9 Å². The molecule has 0 aromatic heterocycles. The lowest BCUT2D eigenvalue weighted by Crippen LogP contribution is -2.40. The van der Waals surface area contributed by atoms with Crippen LogP contribution in [0, 0.1) is 0 Å².